The maximum absolute atomic E-state index is 12.9. The second kappa shape index (κ2) is 10.6. The lowest BCUT2D eigenvalue weighted by atomic mass is 9.87. The number of carboxylic acids is 1. The Kier molecular flexibility index (Phi) is 7.57. The maximum Gasteiger partial charge on any atom is 0.316 e. The van der Waals surface area contributed by atoms with Crippen LogP contribution < -0.4 is 11.1 Å². The van der Waals surface area contributed by atoms with Crippen LogP contribution in [0.15, 0.2) is 46.1 Å². The van der Waals surface area contributed by atoms with Gasteiger partial charge in [-0.25, -0.2) is 0 Å². The van der Waals surface area contributed by atoms with E-state index in [-0.39, 0.29) is 41.5 Å². The molecule has 0 radical (unpaired) electrons. The van der Waals surface area contributed by atoms with Crippen molar-refractivity contribution >= 4 is 63.7 Å². The van der Waals surface area contributed by atoms with E-state index in [1.54, 1.807) is 36.9 Å². The molecule has 0 spiro atoms. The van der Waals surface area contributed by atoms with Gasteiger partial charge >= 0.3 is 5.97 Å². The Labute approximate surface area is 212 Å². The van der Waals surface area contributed by atoms with Gasteiger partial charge in [-0.3, -0.25) is 19.4 Å². The normalized spacial score (nSPS) is 24.1. The molecule has 35 heavy (non-hydrogen) atoms. The lowest BCUT2D eigenvalue weighted by Gasteiger charge is -2.53. The molecule has 12 nitrogen and oxygen atoms in total. The van der Waals surface area contributed by atoms with Gasteiger partial charge in [0.2, 0.25) is 17.4 Å². The van der Waals surface area contributed by atoms with Gasteiger partial charge in [0.05, 0.1) is 0 Å². The average molecular weight is 536 g/mol. The summed E-state index contributed by atoms with van der Waals surface area (Å²) in [6.07, 6.45) is 4.95. The van der Waals surface area contributed by atoms with Crippen LogP contribution in [-0.4, -0.2) is 78.2 Å². The van der Waals surface area contributed by atoms with E-state index >= 15 is 0 Å². The Morgan fingerprint density at radius 3 is 3.00 bits per heavy atom. The van der Waals surface area contributed by atoms with Gasteiger partial charge in [0.1, 0.15) is 23.4 Å². The number of nitrogen functional groups attached to an aromatic ring is 1. The van der Waals surface area contributed by atoms with E-state index < -0.39 is 28.7 Å². The van der Waals surface area contributed by atoms with E-state index in [9.17, 15) is 19.5 Å². The van der Waals surface area contributed by atoms with Crippen molar-refractivity contribution in [2.24, 2.45) is 10.6 Å². The maximum atomic E-state index is 12.9. The molecule has 2 aromatic heterocycles. The molecular weight excluding hydrogens is 514 g/mol. The fraction of sp³-hybridized carbons (Fsp3) is 0.350. The van der Waals surface area contributed by atoms with E-state index in [1.165, 1.54) is 28.4 Å². The van der Waals surface area contributed by atoms with E-state index in [0.717, 1.165) is 16.4 Å². The number of nitrogens with one attached hydrogen (secondary N) is 1. The summed E-state index contributed by atoms with van der Waals surface area (Å²) in [4.78, 5) is 53.2. The van der Waals surface area contributed by atoms with Crippen molar-refractivity contribution in [2.75, 3.05) is 24.6 Å². The molecule has 2 unspecified atom stereocenters. The highest BCUT2D eigenvalue weighted by atomic mass is 32.2. The number of fused-ring (bicyclic) bond motifs is 1. The Morgan fingerprint density at radius 2 is 2.34 bits per heavy atom. The Hall–Kier alpha value is -3.17. The zero-order valence-electron chi connectivity index (χ0n) is 18.4. The second-order valence-electron chi connectivity index (χ2n) is 7.50. The first kappa shape index (κ1) is 24.9. The first-order valence-corrected chi connectivity index (χ1v) is 13.0. The topological polar surface area (TPSA) is 173 Å². The number of hydrogen-bond donors (Lipinski definition) is 3. The molecule has 184 valence electrons. The molecule has 2 fully saturated rings. The molecule has 2 aliphatic rings. The molecule has 3 atom stereocenters. The minimum absolute atomic E-state index is 0.000441. The van der Waals surface area contributed by atoms with Crippen molar-refractivity contribution in [2.45, 2.75) is 23.2 Å². The predicted octanol–water partition coefficient (Wildman–Crippen LogP) is 1.03. The summed E-state index contributed by atoms with van der Waals surface area (Å²) in [5, 5.41) is 17.8. The van der Waals surface area contributed by atoms with E-state index in [2.05, 4.69) is 24.8 Å². The molecule has 2 saturated heterocycles. The molecule has 0 bridgehead atoms. The van der Waals surface area contributed by atoms with Crippen LogP contribution in [0.1, 0.15) is 12.7 Å². The molecule has 2 aromatic rings. The quantitative estimate of drug-likeness (QED) is 0.181. The lowest BCUT2D eigenvalue weighted by molar-refractivity contribution is -0.156. The third-order valence-corrected chi connectivity index (χ3v) is 8.08. The molecule has 0 aliphatic carbocycles. The second-order valence-corrected chi connectivity index (χ2v) is 10.4. The van der Waals surface area contributed by atoms with Crippen molar-refractivity contribution in [3.05, 3.63) is 41.8 Å². The SMILES string of the molecule is CCON=C(C(=O)NC1C(=O)N2CC(C=CSc3cccnc3)(C(=O)O)CS[C@H]12)c1nsc(N)n1. The molecular formula is C20H21N7O5S3. The molecule has 0 saturated carbocycles. The number of carbonyl (C=O) groups excluding carboxylic acids is 2. The summed E-state index contributed by atoms with van der Waals surface area (Å²) < 4.78 is 3.99. The van der Waals surface area contributed by atoms with Gasteiger partial charge in [0.15, 0.2) is 5.13 Å². The average Bonchev–Trinajstić information content (AvgIpc) is 3.29. The summed E-state index contributed by atoms with van der Waals surface area (Å²) in [6.45, 7) is 1.92. The molecule has 15 heteroatoms. The van der Waals surface area contributed by atoms with Crippen LogP contribution in [-0.2, 0) is 19.2 Å². The van der Waals surface area contributed by atoms with Crippen molar-refractivity contribution < 1.29 is 24.3 Å². The van der Waals surface area contributed by atoms with Crippen LogP contribution in [0, 0.1) is 5.41 Å². The molecule has 4 N–H and O–H groups in total. The molecule has 2 aliphatic heterocycles. The van der Waals surface area contributed by atoms with E-state index in [1.807, 2.05) is 6.07 Å². The predicted molar refractivity (Wildman–Crippen MR) is 132 cm³/mol. The van der Waals surface area contributed by atoms with Crippen molar-refractivity contribution in [1.82, 2.24) is 24.6 Å². The highest BCUT2D eigenvalue weighted by Gasteiger charge is 2.57. The molecule has 0 aromatic carbocycles. The van der Waals surface area contributed by atoms with Gasteiger partial charge in [0, 0.05) is 41.1 Å². The largest absolute Gasteiger partial charge is 0.481 e. The summed E-state index contributed by atoms with van der Waals surface area (Å²) >= 11 is 3.54. The number of carbonyl (C=O) groups is 3. The first-order valence-electron chi connectivity index (χ1n) is 10.3. The minimum atomic E-state index is -1.25. The highest BCUT2D eigenvalue weighted by Crippen LogP contribution is 2.43. The summed E-state index contributed by atoms with van der Waals surface area (Å²) in [6, 6.07) is 2.82. The van der Waals surface area contributed by atoms with Gasteiger partial charge in [0.25, 0.3) is 5.91 Å². The number of rotatable bonds is 9. The van der Waals surface area contributed by atoms with Crippen LogP contribution >= 0.6 is 35.1 Å². The number of aliphatic carboxylic acids is 1. The zero-order chi connectivity index (χ0) is 25.0. The number of nitrogens with two attached hydrogens (primary N) is 1. The third kappa shape index (κ3) is 5.26. The smallest absolute Gasteiger partial charge is 0.316 e. The van der Waals surface area contributed by atoms with Crippen LogP contribution in [0.3, 0.4) is 0 Å². The Morgan fingerprint density at radius 1 is 1.51 bits per heavy atom. The lowest BCUT2D eigenvalue weighted by Crippen LogP contribution is -2.73. The van der Waals surface area contributed by atoms with Crippen molar-refractivity contribution in [3.8, 4) is 0 Å². The van der Waals surface area contributed by atoms with Gasteiger partial charge in [-0.1, -0.05) is 23.0 Å². The fourth-order valence-corrected chi connectivity index (χ4v) is 6.12. The number of oxime groups is 1. The standard InChI is InChI=1S/C20H21N7O5S3/c1-2-32-25-12(14-24-19(21)35-26-14)15(28)23-13-16(29)27-9-20(18(30)31,10-34-17(13)27)5-7-33-11-4-3-6-22-8-11/h3-8,13,17H,2,9-10H2,1H3,(H,23,28)(H,30,31)(H2,21,24,26)/t13?,17-,20?/m1/s1. The number of pyridine rings is 1. The number of β-lactam (4-membered cyclic amide) rings is 1. The number of anilines is 1. The number of thioether (sulfide) groups is 2. The summed E-state index contributed by atoms with van der Waals surface area (Å²) in [7, 11) is 0. The summed E-state index contributed by atoms with van der Waals surface area (Å²) in [5.74, 6) is -1.85. The number of nitrogens with zero attached hydrogens (tertiary/aromatic N) is 5. The van der Waals surface area contributed by atoms with Gasteiger partial charge < -0.3 is 25.9 Å². The van der Waals surface area contributed by atoms with Crippen LogP contribution in [0.4, 0.5) is 5.13 Å². The van der Waals surface area contributed by atoms with Gasteiger partial charge in [-0.15, -0.1) is 11.8 Å². The zero-order valence-corrected chi connectivity index (χ0v) is 20.8. The molecule has 4 heterocycles. The first-order chi connectivity index (χ1) is 16.8. The van der Waals surface area contributed by atoms with Gasteiger partial charge in [-0.2, -0.15) is 9.36 Å². The van der Waals surface area contributed by atoms with Crippen molar-refractivity contribution in [3.63, 3.8) is 0 Å². The van der Waals surface area contributed by atoms with Crippen LogP contribution in [0.25, 0.3) is 0 Å². The Balaban J connectivity index is 1.43. The monoisotopic (exact) mass is 535 g/mol. The van der Waals surface area contributed by atoms with Gasteiger partial charge in [-0.05, 0) is 24.5 Å². The Bertz CT molecular complexity index is 1170. The van der Waals surface area contributed by atoms with E-state index in [4.69, 9.17) is 10.6 Å². The van der Waals surface area contributed by atoms with Crippen LogP contribution in [0.5, 0.6) is 0 Å². The minimum Gasteiger partial charge on any atom is -0.481 e. The van der Waals surface area contributed by atoms with E-state index in [0.29, 0.717) is 0 Å². The highest BCUT2D eigenvalue weighted by molar-refractivity contribution is 8.02. The molecule has 2 amide bonds. The number of aromatic nitrogens is 3. The number of carboxylic acid groups (broad SMARTS) is 1. The van der Waals surface area contributed by atoms with Crippen LogP contribution in [0.2, 0.25) is 0 Å². The molecule has 4 rings (SSSR count). The third-order valence-electron chi connectivity index (χ3n) is 5.20. The number of hydrogen-bond acceptors (Lipinski definition) is 12. The fourth-order valence-electron chi connectivity index (χ4n) is 3.41. The number of amides is 2. The van der Waals surface area contributed by atoms with Crippen molar-refractivity contribution in [1.29, 1.82) is 0 Å². The summed E-state index contributed by atoms with van der Waals surface area (Å²) in [5.41, 5.74) is 4.17.